The van der Waals surface area contributed by atoms with Crippen LogP contribution in [-0.4, -0.2) is 42.9 Å². The summed E-state index contributed by atoms with van der Waals surface area (Å²) in [7, 11) is 3.03. The van der Waals surface area contributed by atoms with Gasteiger partial charge in [0.15, 0.2) is 11.5 Å². The number of carbonyl (C=O) groups is 3. The first-order valence-corrected chi connectivity index (χ1v) is 10.8. The third-order valence-electron chi connectivity index (χ3n) is 4.52. The van der Waals surface area contributed by atoms with Gasteiger partial charge in [0.25, 0.3) is 5.91 Å². The normalized spacial score (nSPS) is 10.2. The highest BCUT2D eigenvalue weighted by Gasteiger charge is 2.11. The second-order valence-electron chi connectivity index (χ2n) is 6.77. The van der Waals surface area contributed by atoms with Crippen LogP contribution in [0.5, 0.6) is 11.5 Å². The van der Waals surface area contributed by atoms with E-state index in [0.29, 0.717) is 28.4 Å². The lowest BCUT2D eigenvalue weighted by Crippen LogP contribution is -2.14. The van der Waals surface area contributed by atoms with Crippen LogP contribution in [0.2, 0.25) is 0 Å². The second-order valence-corrected chi connectivity index (χ2v) is 7.82. The first-order chi connectivity index (χ1) is 15.9. The van der Waals surface area contributed by atoms with Crippen molar-refractivity contribution in [2.24, 2.45) is 0 Å². The Balaban J connectivity index is 1.54. The monoisotopic (exact) mass is 466 g/mol. The molecular formula is C24H22N2O6S. The average Bonchev–Trinajstić information content (AvgIpc) is 2.83. The van der Waals surface area contributed by atoms with E-state index in [1.165, 1.54) is 38.1 Å². The molecule has 0 saturated carbocycles. The van der Waals surface area contributed by atoms with Gasteiger partial charge in [-0.25, -0.2) is 4.79 Å². The lowest BCUT2D eigenvalue weighted by Gasteiger charge is -2.10. The number of thioether (sulfide) groups is 1. The summed E-state index contributed by atoms with van der Waals surface area (Å²) in [6.07, 6.45) is 0. The first kappa shape index (κ1) is 23.7. The van der Waals surface area contributed by atoms with Crippen LogP contribution < -0.4 is 20.1 Å². The van der Waals surface area contributed by atoms with Crippen molar-refractivity contribution in [2.45, 2.75) is 4.90 Å². The van der Waals surface area contributed by atoms with Crippen molar-refractivity contribution in [3.8, 4) is 11.5 Å². The van der Waals surface area contributed by atoms with Crippen molar-refractivity contribution in [3.63, 3.8) is 0 Å². The Morgan fingerprint density at radius 1 is 0.818 bits per heavy atom. The zero-order chi connectivity index (χ0) is 23.8. The molecule has 0 saturated heterocycles. The summed E-state index contributed by atoms with van der Waals surface area (Å²) in [5, 5.41) is 14.5. The SMILES string of the molecule is COc1ccc(C(=O)Nc2ccc(SCC(=O)Nc3cccc(C(=O)O)c3)cc2)cc1OC. The summed E-state index contributed by atoms with van der Waals surface area (Å²) in [5.41, 5.74) is 1.56. The third kappa shape index (κ3) is 6.50. The van der Waals surface area contributed by atoms with Gasteiger partial charge in [-0.2, -0.15) is 0 Å². The summed E-state index contributed by atoms with van der Waals surface area (Å²) in [5.74, 6) is -0.459. The maximum Gasteiger partial charge on any atom is 0.335 e. The molecule has 0 heterocycles. The largest absolute Gasteiger partial charge is 0.493 e. The summed E-state index contributed by atoms with van der Waals surface area (Å²) in [4.78, 5) is 36.6. The summed E-state index contributed by atoms with van der Waals surface area (Å²) in [6.45, 7) is 0. The predicted molar refractivity (Wildman–Crippen MR) is 127 cm³/mol. The van der Waals surface area contributed by atoms with E-state index in [1.54, 1.807) is 54.6 Å². The Kier molecular flexibility index (Phi) is 7.93. The van der Waals surface area contributed by atoms with E-state index >= 15 is 0 Å². The van der Waals surface area contributed by atoms with Crippen LogP contribution in [0.3, 0.4) is 0 Å². The molecule has 33 heavy (non-hydrogen) atoms. The highest BCUT2D eigenvalue weighted by Crippen LogP contribution is 2.28. The first-order valence-electron chi connectivity index (χ1n) is 9.79. The number of hydrogen-bond donors (Lipinski definition) is 3. The van der Waals surface area contributed by atoms with E-state index in [1.807, 2.05) is 0 Å². The number of hydrogen-bond acceptors (Lipinski definition) is 6. The number of aromatic carboxylic acids is 1. The number of carboxylic acids is 1. The van der Waals surface area contributed by atoms with Crippen LogP contribution in [0.1, 0.15) is 20.7 Å². The van der Waals surface area contributed by atoms with Crippen molar-refractivity contribution >= 4 is 40.9 Å². The Morgan fingerprint density at radius 2 is 1.55 bits per heavy atom. The van der Waals surface area contributed by atoms with Crippen LogP contribution in [0.15, 0.2) is 71.6 Å². The molecule has 0 spiro atoms. The van der Waals surface area contributed by atoms with Crippen LogP contribution in [0, 0.1) is 0 Å². The van der Waals surface area contributed by atoms with Crippen molar-refractivity contribution in [2.75, 3.05) is 30.6 Å². The maximum absolute atomic E-state index is 12.5. The summed E-state index contributed by atoms with van der Waals surface area (Å²) in [6, 6.07) is 18.1. The van der Waals surface area contributed by atoms with Crippen LogP contribution in [0.4, 0.5) is 11.4 Å². The molecule has 3 N–H and O–H groups in total. The highest BCUT2D eigenvalue weighted by atomic mass is 32.2. The number of carboxylic acid groups (broad SMARTS) is 1. The Hall–Kier alpha value is -3.98. The third-order valence-corrected chi connectivity index (χ3v) is 5.53. The van der Waals surface area contributed by atoms with E-state index in [0.717, 1.165) is 4.90 Å². The van der Waals surface area contributed by atoms with Gasteiger partial charge in [0, 0.05) is 21.8 Å². The molecular weight excluding hydrogens is 444 g/mol. The topological polar surface area (TPSA) is 114 Å². The summed E-state index contributed by atoms with van der Waals surface area (Å²) >= 11 is 1.32. The smallest absolute Gasteiger partial charge is 0.335 e. The minimum Gasteiger partial charge on any atom is -0.493 e. The van der Waals surface area contributed by atoms with Crippen LogP contribution in [-0.2, 0) is 4.79 Å². The lowest BCUT2D eigenvalue weighted by atomic mass is 10.2. The number of amides is 2. The van der Waals surface area contributed by atoms with E-state index in [9.17, 15) is 14.4 Å². The second kappa shape index (κ2) is 11.1. The molecule has 3 rings (SSSR count). The van der Waals surface area contributed by atoms with Crippen molar-refractivity contribution in [3.05, 3.63) is 77.9 Å². The van der Waals surface area contributed by atoms with Crippen molar-refractivity contribution in [1.82, 2.24) is 0 Å². The maximum atomic E-state index is 12.5. The van der Waals surface area contributed by atoms with Crippen molar-refractivity contribution in [1.29, 1.82) is 0 Å². The van der Waals surface area contributed by atoms with E-state index in [4.69, 9.17) is 14.6 Å². The fraction of sp³-hybridized carbons (Fsp3) is 0.125. The Labute approximate surface area is 194 Å². The van der Waals surface area contributed by atoms with Gasteiger partial charge in [-0.1, -0.05) is 6.07 Å². The van der Waals surface area contributed by atoms with Gasteiger partial charge in [-0.3, -0.25) is 9.59 Å². The molecule has 8 nitrogen and oxygen atoms in total. The van der Waals surface area contributed by atoms with E-state index in [2.05, 4.69) is 10.6 Å². The molecule has 0 unspecified atom stereocenters. The molecule has 0 aliphatic heterocycles. The number of ether oxygens (including phenoxy) is 2. The van der Waals surface area contributed by atoms with Gasteiger partial charge in [-0.15, -0.1) is 11.8 Å². The Morgan fingerprint density at radius 3 is 2.21 bits per heavy atom. The van der Waals surface area contributed by atoms with Gasteiger partial charge in [0.05, 0.1) is 25.5 Å². The molecule has 0 fully saturated rings. The minimum atomic E-state index is -1.06. The molecule has 2 amide bonds. The molecule has 3 aromatic carbocycles. The molecule has 0 aliphatic rings. The zero-order valence-electron chi connectivity index (χ0n) is 18.0. The number of anilines is 2. The van der Waals surface area contributed by atoms with E-state index < -0.39 is 5.97 Å². The van der Waals surface area contributed by atoms with Crippen LogP contribution in [0.25, 0.3) is 0 Å². The molecule has 0 aromatic heterocycles. The minimum absolute atomic E-state index is 0.103. The van der Waals surface area contributed by atoms with Gasteiger partial charge >= 0.3 is 5.97 Å². The standard InChI is InChI=1S/C24H22N2O6S/c1-31-20-11-6-15(13-21(20)32-2)23(28)26-17-7-9-19(10-8-17)33-14-22(27)25-18-5-3-4-16(12-18)24(29)30/h3-13H,14H2,1-2H3,(H,25,27)(H,26,28)(H,29,30). The molecule has 0 atom stereocenters. The van der Waals surface area contributed by atoms with E-state index in [-0.39, 0.29) is 23.1 Å². The zero-order valence-corrected chi connectivity index (χ0v) is 18.8. The number of benzene rings is 3. The molecule has 9 heteroatoms. The highest BCUT2D eigenvalue weighted by molar-refractivity contribution is 8.00. The Bertz CT molecular complexity index is 1160. The quantitative estimate of drug-likeness (QED) is 0.401. The molecule has 0 bridgehead atoms. The number of carbonyl (C=O) groups excluding carboxylic acids is 2. The van der Waals surface area contributed by atoms with Gasteiger partial charge in [0.2, 0.25) is 5.91 Å². The average molecular weight is 467 g/mol. The fourth-order valence-corrected chi connectivity index (χ4v) is 3.59. The number of rotatable bonds is 9. The molecule has 0 aliphatic carbocycles. The molecule has 170 valence electrons. The number of methoxy groups -OCH3 is 2. The van der Waals surface area contributed by atoms with Gasteiger partial charge in [0.1, 0.15) is 0 Å². The number of nitrogens with one attached hydrogen (secondary N) is 2. The van der Waals surface area contributed by atoms with Gasteiger partial charge < -0.3 is 25.2 Å². The molecule has 3 aromatic rings. The van der Waals surface area contributed by atoms with Gasteiger partial charge in [-0.05, 0) is 60.7 Å². The van der Waals surface area contributed by atoms with Crippen molar-refractivity contribution < 1.29 is 29.0 Å². The summed E-state index contributed by atoms with van der Waals surface area (Å²) < 4.78 is 10.4. The molecule has 0 radical (unpaired) electrons. The lowest BCUT2D eigenvalue weighted by molar-refractivity contribution is -0.113. The predicted octanol–water partition coefficient (Wildman–Crippen LogP) is 4.39. The fourth-order valence-electron chi connectivity index (χ4n) is 2.89. The van der Waals surface area contributed by atoms with Crippen LogP contribution >= 0.6 is 11.8 Å².